The highest BCUT2D eigenvalue weighted by Gasteiger charge is 2.08. The molecule has 0 fully saturated rings. The highest BCUT2D eigenvalue weighted by atomic mass is 127. The number of hydrogen-bond donors (Lipinski definition) is 0. The molecule has 0 amide bonds. The van der Waals surface area contributed by atoms with E-state index in [-0.39, 0.29) is 0 Å². The van der Waals surface area contributed by atoms with Gasteiger partial charge in [-0.1, -0.05) is 26.0 Å². The first-order chi connectivity index (χ1) is 8.65. The Balaban J connectivity index is 2.41. The molecule has 0 radical (unpaired) electrons. The number of aromatic nitrogens is 2. The lowest BCUT2D eigenvalue weighted by molar-refractivity contribution is 0.873. The molecule has 0 atom stereocenters. The van der Waals surface area contributed by atoms with Crippen LogP contribution in [-0.4, -0.2) is 9.97 Å². The Morgan fingerprint density at radius 2 is 1.78 bits per heavy atom. The third kappa shape index (κ3) is 1.96. The van der Waals surface area contributed by atoms with Crippen molar-refractivity contribution < 1.29 is 0 Å². The number of fused-ring (bicyclic) bond motifs is 2. The average molecular weight is 348 g/mol. The van der Waals surface area contributed by atoms with Crippen LogP contribution < -0.4 is 0 Å². The lowest BCUT2D eigenvalue weighted by atomic mass is 10.0. The van der Waals surface area contributed by atoms with E-state index in [4.69, 9.17) is 9.97 Å². The van der Waals surface area contributed by atoms with Crippen molar-refractivity contribution in [3.8, 4) is 0 Å². The summed E-state index contributed by atoms with van der Waals surface area (Å²) in [5.74, 6) is 0.462. The van der Waals surface area contributed by atoms with Crippen LogP contribution in [-0.2, 0) is 0 Å². The van der Waals surface area contributed by atoms with E-state index in [1.807, 2.05) is 12.1 Å². The Morgan fingerprint density at radius 3 is 2.56 bits per heavy atom. The zero-order chi connectivity index (χ0) is 12.7. The monoisotopic (exact) mass is 348 g/mol. The van der Waals surface area contributed by atoms with Crippen LogP contribution in [0.2, 0.25) is 0 Å². The number of rotatable bonds is 1. The second-order valence-corrected chi connectivity index (χ2v) is 5.97. The number of nitrogens with zero attached hydrogens (tertiary/aromatic N) is 2. The third-order valence-corrected chi connectivity index (χ3v) is 3.75. The minimum atomic E-state index is 0.462. The van der Waals surface area contributed by atoms with Gasteiger partial charge in [-0.25, -0.2) is 9.97 Å². The predicted octanol–water partition coefficient (Wildman–Crippen LogP) is 4.51. The van der Waals surface area contributed by atoms with Crippen molar-refractivity contribution in [3.63, 3.8) is 0 Å². The second kappa shape index (κ2) is 4.46. The molecular formula is C15H13IN2. The lowest BCUT2D eigenvalue weighted by Crippen LogP contribution is -1.94. The molecule has 0 aliphatic carbocycles. The summed E-state index contributed by atoms with van der Waals surface area (Å²) in [6.45, 7) is 4.38. The first-order valence-corrected chi connectivity index (χ1v) is 7.09. The van der Waals surface area contributed by atoms with Gasteiger partial charge in [0.25, 0.3) is 0 Å². The lowest BCUT2D eigenvalue weighted by Gasteiger charge is -2.09. The maximum Gasteiger partial charge on any atom is 0.0929 e. The van der Waals surface area contributed by atoms with Crippen molar-refractivity contribution in [2.75, 3.05) is 0 Å². The predicted molar refractivity (Wildman–Crippen MR) is 83.9 cm³/mol. The van der Waals surface area contributed by atoms with E-state index in [2.05, 4.69) is 60.7 Å². The SMILES string of the molecule is CC(C)c1cccc2nc3cc(I)ccc3nc12. The van der Waals surface area contributed by atoms with Gasteiger partial charge in [0.2, 0.25) is 0 Å². The summed E-state index contributed by atoms with van der Waals surface area (Å²) in [5.41, 5.74) is 5.21. The van der Waals surface area contributed by atoms with Gasteiger partial charge < -0.3 is 0 Å². The normalized spacial score (nSPS) is 11.6. The molecule has 2 aromatic carbocycles. The van der Waals surface area contributed by atoms with Crippen LogP contribution in [0, 0.1) is 3.57 Å². The third-order valence-electron chi connectivity index (χ3n) is 3.08. The molecule has 3 heteroatoms. The second-order valence-electron chi connectivity index (χ2n) is 4.73. The summed E-state index contributed by atoms with van der Waals surface area (Å²) in [6, 6.07) is 12.4. The van der Waals surface area contributed by atoms with E-state index in [9.17, 15) is 0 Å². The first kappa shape index (κ1) is 11.8. The number of benzene rings is 2. The van der Waals surface area contributed by atoms with Gasteiger partial charge in [0, 0.05) is 3.57 Å². The van der Waals surface area contributed by atoms with Crippen LogP contribution in [0.4, 0.5) is 0 Å². The molecule has 0 N–H and O–H groups in total. The van der Waals surface area contributed by atoms with E-state index in [0.29, 0.717) is 5.92 Å². The summed E-state index contributed by atoms with van der Waals surface area (Å²) < 4.78 is 1.19. The zero-order valence-corrected chi connectivity index (χ0v) is 12.5. The minimum absolute atomic E-state index is 0.462. The van der Waals surface area contributed by atoms with Crippen molar-refractivity contribution in [1.29, 1.82) is 0 Å². The Labute approximate surface area is 120 Å². The molecule has 0 aliphatic rings. The largest absolute Gasteiger partial charge is 0.244 e. The zero-order valence-electron chi connectivity index (χ0n) is 10.3. The molecule has 0 saturated carbocycles. The number of halogens is 1. The molecule has 3 aromatic rings. The highest BCUT2D eigenvalue weighted by Crippen LogP contribution is 2.25. The van der Waals surface area contributed by atoms with Crippen molar-refractivity contribution in [1.82, 2.24) is 9.97 Å². The Hall–Kier alpha value is -1.23. The van der Waals surface area contributed by atoms with E-state index in [1.165, 1.54) is 9.13 Å². The molecule has 90 valence electrons. The highest BCUT2D eigenvalue weighted by molar-refractivity contribution is 14.1. The molecule has 0 saturated heterocycles. The molecule has 0 spiro atoms. The van der Waals surface area contributed by atoms with Gasteiger partial charge >= 0.3 is 0 Å². The molecule has 0 aliphatic heterocycles. The quantitative estimate of drug-likeness (QED) is 0.478. The molecule has 0 bridgehead atoms. The summed E-state index contributed by atoms with van der Waals surface area (Å²) >= 11 is 2.30. The molecule has 1 aromatic heterocycles. The Bertz CT molecular complexity index is 735. The average Bonchev–Trinajstić information content (AvgIpc) is 2.35. The fourth-order valence-electron chi connectivity index (χ4n) is 2.16. The van der Waals surface area contributed by atoms with Gasteiger partial charge in [0.05, 0.1) is 22.1 Å². The minimum Gasteiger partial charge on any atom is -0.244 e. The van der Waals surface area contributed by atoms with Gasteiger partial charge in [0.15, 0.2) is 0 Å². The maximum absolute atomic E-state index is 4.77. The van der Waals surface area contributed by atoms with Crippen molar-refractivity contribution in [2.24, 2.45) is 0 Å². The summed E-state index contributed by atoms with van der Waals surface area (Å²) in [5, 5.41) is 0. The van der Waals surface area contributed by atoms with Gasteiger partial charge in [-0.3, -0.25) is 0 Å². The van der Waals surface area contributed by atoms with Gasteiger partial charge in [-0.15, -0.1) is 0 Å². The standard InChI is InChI=1S/C15H13IN2/c1-9(2)11-4-3-5-13-15(11)18-12-7-6-10(16)8-14(12)17-13/h3-9H,1-2H3. The molecular weight excluding hydrogens is 335 g/mol. The Kier molecular flexibility index (Phi) is 2.93. The van der Waals surface area contributed by atoms with Gasteiger partial charge in [0.1, 0.15) is 0 Å². The fourth-order valence-corrected chi connectivity index (χ4v) is 2.63. The summed E-state index contributed by atoms with van der Waals surface area (Å²) in [4.78, 5) is 9.49. The molecule has 3 rings (SSSR count). The number of hydrogen-bond acceptors (Lipinski definition) is 2. The van der Waals surface area contributed by atoms with Gasteiger partial charge in [-0.05, 0) is 58.3 Å². The smallest absolute Gasteiger partial charge is 0.0929 e. The van der Waals surface area contributed by atoms with Crippen molar-refractivity contribution in [2.45, 2.75) is 19.8 Å². The number of para-hydroxylation sites is 1. The van der Waals surface area contributed by atoms with E-state index in [1.54, 1.807) is 0 Å². The van der Waals surface area contributed by atoms with Crippen molar-refractivity contribution in [3.05, 3.63) is 45.5 Å². The van der Waals surface area contributed by atoms with Crippen LogP contribution >= 0.6 is 22.6 Å². The summed E-state index contributed by atoms with van der Waals surface area (Å²) in [7, 11) is 0. The topological polar surface area (TPSA) is 25.8 Å². The van der Waals surface area contributed by atoms with Crippen molar-refractivity contribution >= 4 is 44.7 Å². The first-order valence-electron chi connectivity index (χ1n) is 6.01. The van der Waals surface area contributed by atoms with Crippen LogP contribution in [0.15, 0.2) is 36.4 Å². The molecule has 2 nitrogen and oxygen atoms in total. The summed E-state index contributed by atoms with van der Waals surface area (Å²) in [6.07, 6.45) is 0. The van der Waals surface area contributed by atoms with E-state index >= 15 is 0 Å². The molecule has 0 unspecified atom stereocenters. The maximum atomic E-state index is 4.77. The molecule has 1 heterocycles. The van der Waals surface area contributed by atoms with Crippen LogP contribution in [0.3, 0.4) is 0 Å². The van der Waals surface area contributed by atoms with E-state index in [0.717, 1.165) is 22.1 Å². The van der Waals surface area contributed by atoms with Gasteiger partial charge in [-0.2, -0.15) is 0 Å². The molecule has 18 heavy (non-hydrogen) atoms. The fraction of sp³-hybridized carbons (Fsp3) is 0.200. The van der Waals surface area contributed by atoms with E-state index < -0.39 is 0 Å². The van der Waals surface area contributed by atoms with Crippen LogP contribution in [0.1, 0.15) is 25.3 Å². The Morgan fingerprint density at radius 1 is 0.944 bits per heavy atom. The van der Waals surface area contributed by atoms with Crippen LogP contribution in [0.5, 0.6) is 0 Å². The van der Waals surface area contributed by atoms with Crippen LogP contribution in [0.25, 0.3) is 22.1 Å².